The Hall–Kier alpha value is -0.630. The lowest BCUT2D eigenvalue weighted by Gasteiger charge is -2.07. The number of hydrogen-bond acceptors (Lipinski definition) is 2. The summed E-state index contributed by atoms with van der Waals surface area (Å²) in [5, 5.41) is 9.27. The Morgan fingerprint density at radius 1 is 1.42 bits per heavy atom. The van der Waals surface area contributed by atoms with Gasteiger partial charge in [0.05, 0.1) is 0 Å². The molecule has 1 aromatic rings. The zero-order valence-corrected chi connectivity index (χ0v) is 7.68. The second-order valence-electron chi connectivity index (χ2n) is 3.16. The summed E-state index contributed by atoms with van der Waals surface area (Å²) in [4.78, 5) is 0. The Balaban J connectivity index is 2.21. The van der Waals surface area contributed by atoms with E-state index in [4.69, 9.17) is 0 Å². The zero-order valence-electron chi connectivity index (χ0n) is 6.86. The van der Waals surface area contributed by atoms with Gasteiger partial charge in [0.2, 0.25) is 0 Å². The summed E-state index contributed by atoms with van der Waals surface area (Å²) in [7, 11) is 0. The van der Waals surface area contributed by atoms with Gasteiger partial charge in [-0.15, -0.1) is 0 Å². The van der Waals surface area contributed by atoms with E-state index in [1.165, 1.54) is 23.5 Å². The van der Waals surface area contributed by atoms with Gasteiger partial charge in [-0.05, 0) is 35.8 Å². The molecular weight excluding hydrogens is 168 g/mol. The van der Waals surface area contributed by atoms with Crippen molar-refractivity contribution in [3.63, 3.8) is 0 Å². The average Bonchev–Trinajstić information content (AvgIpc) is 2.56. The van der Waals surface area contributed by atoms with Crippen molar-refractivity contribution in [1.29, 1.82) is 0 Å². The van der Waals surface area contributed by atoms with Crippen molar-refractivity contribution in [2.24, 2.45) is 0 Å². The lowest BCUT2D eigenvalue weighted by atomic mass is 9.99. The fraction of sp³-hybridized carbons (Fsp3) is 0.400. The number of hydrogen-bond donors (Lipinski definition) is 1. The van der Waals surface area contributed by atoms with Crippen LogP contribution in [0.25, 0.3) is 0 Å². The highest BCUT2D eigenvalue weighted by atomic mass is 32.2. The molecule has 12 heavy (non-hydrogen) atoms. The highest BCUT2D eigenvalue weighted by molar-refractivity contribution is 7.99. The first kappa shape index (κ1) is 7.99. The van der Waals surface area contributed by atoms with Gasteiger partial charge >= 0.3 is 0 Å². The predicted octanol–water partition coefficient (Wildman–Crippen LogP) is 2.61. The van der Waals surface area contributed by atoms with Gasteiger partial charge in [0.1, 0.15) is 5.75 Å². The standard InChI is InChI=1S/C10H12OS/c11-10-3-1-2-8(6-10)9-4-5-12-7-9/h1-3,6,9,11H,4-5,7H2. The maximum Gasteiger partial charge on any atom is 0.115 e. The molecule has 1 nitrogen and oxygen atoms in total. The fourth-order valence-electron chi connectivity index (χ4n) is 1.58. The van der Waals surface area contributed by atoms with Crippen molar-refractivity contribution < 1.29 is 5.11 Å². The van der Waals surface area contributed by atoms with Gasteiger partial charge in [0.15, 0.2) is 0 Å². The number of benzene rings is 1. The van der Waals surface area contributed by atoms with E-state index in [-0.39, 0.29) is 0 Å². The largest absolute Gasteiger partial charge is 0.508 e. The summed E-state index contributed by atoms with van der Waals surface area (Å²) in [6.45, 7) is 0. The van der Waals surface area contributed by atoms with Crippen molar-refractivity contribution in [1.82, 2.24) is 0 Å². The number of phenolic OH excluding ortho intramolecular Hbond substituents is 1. The van der Waals surface area contributed by atoms with Crippen LogP contribution < -0.4 is 0 Å². The Morgan fingerprint density at radius 3 is 3.00 bits per heavy atom. The van der Waals surface area contributed by atoms with E-state index in [0.29, 0.717) is 11.7 Å². The predicted molar refractivity (Wildman–Crippen MR) is 52.8 cm³/mol. The minimum atomic E-state index is 0.393. The van der Waals surface area contributed by atoms with Gasteiger partial charge in [0, 0.05) is 5.75 Å². The van der Waals surface area contributed by atoms with Crippen LogP contribution in [0.5, 0.6) is 5.75 Å². The third kappa shape index (κ3) is 1.58. The van der Waals surface area contributed by atoms with Crippen molar-refractivity contribution in [3.05, 3.63) is 29.8 Å². The van der Waals surface area contributed by atoms with Crippen LogP contribution in [0.3, 0.4) is 0 Å². The molecule has 0 bridgehead atoms. The van der Waals surface area contributed by atoms with Gasteiger partial charge in [-0.3, -0.25) is 0 Å². The molecule has 0 saturated carbocycles. The van der Waals surface area contributed by atoms with Gasteiger partial charge in [-0.25, -0.2) is 0 Å². The van der Waals surface area contributed by atoms with E-state index in [2.05, 4.69) is 6.07 Å². The van der Waals surface area contributed by atoms with Crippen molar-refractivity contribution >= 4 is 11.8 Å². The first-order valence-electron chi connectivity index (χ1n) is 4.23. The molecule has 0 spiro atoms. The maximum absolute atomic E-state index is 9.27. The fourth-order valence-corrected chi connectivity index (χ4v) is 2.84. The molecule has 0 radical (unpaired) electrons. The van der Waals surface area contributed by atoms with Gasteiger partial charge in [-0.1, -0.05) is 12.1 Å². The van der Waals surface area contributed by atoms with E-state index in [1.807, 2.05) is 23.9 Å². The van der Waals surface area contributed by atoms with E-state index in [9.17, 15) is 5.11 Å². The van der Waals surface area contributed by atoms with Crippen molar-refractivity contribution in [2.75, 3.05) is 11.5 Å². The van der Waals surface area contributed by atoms with E-state index < -0.39 is 0 Å². The highest BCUT2D eigenvalue weighted by Crippen LogP contribution is 2.33. The second-order valence-corrected chi connectivity index (χ2v) is 4.31. The molecule has 0 aromatic heterocycles. The molecule has 1 heterocycles. The first-order valence-corrected chi connectivity index (χ1v) is 5.38. The third-order valence-electron chi connectivity index (χ3n) is 2.27. The monoisotopic (exact) mass is 180 g/mol. The van der Waals surface area contributed by atoms with Crippen LogP contribution in [0.1, 0.15) is 17.9 Å². The molecule has 1 aliphatic rings. The van der Waals surface area contributed by atoms with Crippen LogP contribution in [0.2, 0.25) is 0 Å². The highest BCUT2D eigenvalue weighted by Gasteiger charge is 2.17. The first-order chi connectivity index (χ1) is 5.86. The quantitative estimate of drug-likeness (QED) is 0.717. The molecule has 1 unspecified atom stereocenters. The summed E-state index contributed by atoms with van der Waals surface area (Å²) in [6, 6.07) is 7.64. The molecule has 64 valence electrons. The molecule has 0 amide bonds. The molecule has 1 aromatic carbocycles. The zero-order chi connectivity index (χ0) is 8.39. The van der Waals surface area contributed by atoms with E-state index >= 15 is 0 Å². The summed E-state index contributed by atoms with van der Waals surface area (Å²) in [5.74, 6) is 3.54. The van der Waals surface area contributed by atoms with Crippen LogP contribution in [-0.4, -0.2) is 16.6 Å². The Bertz CT molecular complexity index is 266. The SMILES string of the molecule is Oc1cccc(C2CCSC2)c1. The molecule has 1 fully saturated rings. The van der Waals surface area contributed by atoms with Crippen LogP contribution in [0, 0.1) is 0 Å². The molecule has 1 N–H and O–H groups in total. The van der Waals surface area contributed by atoms with E-state index in [0.717, 1.165) is 0 Å². The smallest absolute Gasteiger partial charge is 0.115 e. The van der Waals surface area contributed by atoms with Gasteiger partial charge in [-0.2, -0.15) is 11.8 Å². The molecule has 2 heteroatoms. The molecule has 1 aliphatic heterocycles. The lowest BCUT2D eigenvalue weighted by Crippen LogP contribution is -1.94. The number of thioether (sulfide) groups is 1. The minimum absolute atomic E-state index is 0.393. The van der Waals surface area contributed by atoms with Crippen LogP contribution in [-0.2, 0) is 0 Å². The van der Waals surface area contributed by atoms with Crippen LogP contribution >= 0.6 is 11.8 Å². The Kier molecular flexibility index (Phi) is 2.26. The average molecular weight is 180 g/mol. The normalized spacial score (nSPS) is 22.8. The summed E-state index contributed by atoms with van der Waals surface area (Å²) in [6.07, 6.45) is 1.26. The van der Waals surface area contributed by atoms with Gasteiger partial charge < -0.3 is 5.11 Å². The van der Waals surface area contributed by atoms with Crippen molar-refractivity contribution in [3.8, 4) is 5.75 Å². The van der Waals surface area contributed by atoms with Crippen molar-refractivity contribution in [2.45, 2.75) is 12.3 Å². The summed E-state index contributed by atoms with van der Waals surface area (Å²) < 4.78 is 0. The minimum Gasteiger partial charge on any atom is -0.508 e. The molecule has 1 saturated heterocycles. The maximum atomic E-state index is 9.27. The molecule has 2 rings (SSSR count). The van der Waals surface area contributed by atoms with Crippen LogP contribution in [0.15, 0.2) is 24.3 Å². The Labute approximate surface area is 76.8 Å². The van der Waals surface area contributed by atoms with Gasteiger partial charge in [0.25, 0.3) is 0 Å². The topological polar surface area (TPSA) is 20.2 Å². The van der Waals surface area contributed by atoms with Crippen LogP contribution in [0.4, 0.5) is 0 Å². The molecular formula is C10H12OS. The summed E-state index contributed by atoms with van der Waals surface area (Å²) >= 11 is 2.00. The third-order valence-corrected chi connectivity index (χ3v) is 3.43. The molecule has 1 atom stereocenters. The molecule has 0 aliphatic carbocycles. The lowest BCUT2D eigenvalue weighted by molar-refractivity contribution is 0.474. The Morgan fingerprint density at radius 2 is 2.33 bits per heavy atom. The van der Waals surface area contributed by atoms with E-state index in [1.54, 1.807) is 6.07 Å². The second kappa shape index (κ2) is 3.40. The summed E-state index contributed by atoms with van der Waals surface area (Å²) in [5.41, 5.74) is 1.29. The number of aromatic hydroxyl groups is 1. The number of phenols is 1. The number of rotatable bonds is 1.